The molecule has 0 N–H and O–H groups in total. The predicted octanol–water partition coefficient (Wildman–Crippen LogP) is 5.83. The Labute approximate surface area is 148 Å². The van der Waals surface area contributed by atoms with Crippen molar-refractivity contribution in [3.8, 4) is 11.4 Å². The number of aryl methyl sites for hydroxylation is 1. The molecule has 3 rings (SSSR count). The quantitative estimate of drug-likeness (QED) is 0.568. The van der Waals surface area contributed by atoms with Crippen LogP contribution in [0, 0.1) is 0 Å². The van der Waals surface area contributed by atoms with Crippen molar-refractivity contribution in [2.75, 3.05) is 0 Å². The molecular weight excluding hydrogens is 345 g/mol. The number of alkyl halides is 3. The average Bonchev–Trinajstić information content (AvgIpc) is 3.05. The zero-order valence-electron chi connectivity index (χ0n) is 13.6. The van der Waals surface area contributed by atoms with Gasteiger partial charge < -0.3 is 0 Å². The lowest BCUT2D eigenvalue weighted by molar-refractivity contribution is -0.140. The highest BCUT2D eigenvalue weighted by Gasteiger charge is 2.35. The molecule has 130 valence electrons. The van der Waals surface area contributed by atoms with Gasteiger partial charge in [0.15, 0.2) is 11.5 Å². The molecular formula is C19H17F3N2S. The molecule has 2 aromatic carbocycles. The summed E-state index contributed by atoms with van der Waals surface area (Å²) in [5, 5.41) is 0. The number of halogens is 3. The third-order valence-electron chi connectivity index (χ3n) is 3.80. The van der Waals surface area contributed by atoms with Gasteiger partial charge in [0.25, 0.3) is 0 Å². The topological polar surface area (TPSA) is 17.8 Å². The van der Waals surface area contributed by atoms with Crippen molar-refractivity contribution in [2.24, 2.45) is 0 Å². The van der Waals surface area contributed by atoms with Gasteiger partial charge in [-0.2, -0.15) is 13.2 Å². The van der Waals surface area contributed by atoms with E-state index >= 15 is 0 Å². The van der Waals surface area contributed by atoms with Gasteiger partial charge in [-0.3, -0.25) is 3.97 Å². The first-order valence-corrected chi connectivity index (χ1v) is 8.84. The van der Waals surface area contributed by atoms with E-state index in [0.29, 0.717) is 17.1 Å². The smallest absolute Gasteiger partial charge is 0.273 e. The fourth-order valence-corrected chi connectivity index (χ4v) is 3.32. The van der Waals surface area contributed by atoms with Gasteiger partial charge in [-0.05, 0) is 29.5 Å². The normalized spacial score (nSPS) is 11.7. The van der Waals surface area contributed by atoms with Crippen LogP contribution in [-0.2, 0) is 18.3 Å². The van der Waals surface area contributed by atoms with Gasteiger partial charge in [0.1, 0.15) is 0 Å². The molecule has 0 saturated heterocycles. The van der Waals surface area contributed by atoms with Crippen LogP contribution in [0.3, 0.4) is 0 Å². The lowest BCUT2D eigenvalue weighted by atomic mass is 10.1. The molecule has 0 aliphatic heterocycles. The Hall–Kier alpha value is -2.21. The summed E-state index contributed by atoms with van der Waals surface area (Å²) in [5.41, 5.74) is 1.98. The first kappa shape index (κ1) is 17.6. The van der Waals surface area contributed by atoms with Crippen LogP contribution in [0.2, 0.25) is 0 Å². The molecule has 3 aromatic rings. The Morgan fingerprint density at radius 1 is 0.960 bits per heavy atom. The third-order valence-corrected chi connectivity index (χ3v) is 4.82. The van der Waals surface area contributed by atoms with Crippen LogP contribution in [-0.4, -0.2) is 8.96 Å². The molecule has 0 aliphatic rings. The number of rotatable bonds is 5. The number of hydrogen-bond acceptors (Lipinski definition) is 2. The monoisotopic (exact) mass is 362 g/mol. The van der Waals surface area contributed by atoms with Crippen molar-refractivity contribution in [2.45, 2.75) is 25.3 Å². The zero-order chi connectivity index (χ0) is 17.9. The summed E-state index contributed by atoms with van der Waals surface area (Å²) in [6, 6.07) is 17.1. The van der Waals surface area contributed by atoms with E-state index in [1.165, 1.54) is 15.9 Å². The summed E-state index contributed by atoms with van der Waals surface area (Å²) in [7, 11) is 0. The summed E-state index contributed by atoms with van der Waals surface area (Å²) >= 11 is 1.30. The minimum atomic E-state index is -4.46. The first-order chi connectivity index (χ1) is 12.0. The maximum atomic E-state index is 13.1. The molecule has 1 heterocycles. The summed E-state index contributed by atoms with van der Waals surface area (Å²) in [4.78, 5) is 3.84. The molecule has 0 amide bonds. The Bertz CT molecular complexity index is 824. The minimum Gasteiger partial charge on any atom is -0.273 e. The second kappa shape index (κ2) is 7.35. The van der Waals surface area contributed by atoms with Gasteiger partial charge in [-0.25, -0.2) is 4.98 Å². The van der Waals surface area contributed by atoms with Crippen LogP contribution in [0.1, 0.15) is 23.7 Å². The van der Waals surface area contributed by atoms with E-state index in [4.69, 9.17) is 0 Å². The number of aromatic nitrogens is 2. The number of benzene rings is 2. The molecule has 0 atom stereocenters. The van der Waals surface area contributed by atoms with E-state index in [1.807, 2.05) is 61.5 Å². The molecule has 0 saturated carbocycles. The molecule has 0 spiro atoms. The zero-order valence-corrected chi connectivity index (χ0v) is 14.4. The highest BCUT2D eigenvalue weighted by atomic mass is 32.2. The van der Waals surface area contributed by atoms with E-state index in [-0.39, 0.29) is 0 Å². The molecule has 25 heavy (non-hydrogen) atoms. The van der Waals surface area contributed by atoms with Crippen LogP contribution in [0.25, 0.3) is 11.4 Å². The highest BCUT2D eigenvalue weighted by molar-refractivity contribution is 7.97. The van der Waals surface area contributed by atoms with Crippen molar-refractivity contribution in [1.82, 2.24) is 8.96 Å². The van der Waals surface area contributed by atoms with Crippen LogP contribution in [0.4, 0.5) is 13.2 Å². The Morgan fingerprint density at radius 2 is 1.64 bits per heavy atom. The summed E-state index contributed by atoms with van der Waals surface area (Å²) < 4.78 is 40.8. The lowest BCUT2D eigenvalue weighted by Gasteiger charge is -2.07. The molecule has 6 heteroatoms. The fourth-order valence-electron chi connectivity index (χ4n) is 2.40. The van der Waals surface area contributed by atoms with Gasteiger partial charge in [0, 0.05) is 17.5 Å². The largest absolute Gasteiger partial charge is 0.434 e. The Balaban J connectivity index is 1.92. The molecule has 0 unspecified atom stereocenters. The van der Waals surface area contributed by atoms with E-state index in [0.717, 1.165) is 23.7 Å². The lowest BCUT2D eigenvalue weighted by Crippen LogP contribution is -2.04. The standard InChI is InChI=1S/C19H17F3N2S/c1-2-14-8-10-16(11-9-14)18-23-17(19(20,21)22)12-24(18)25-13-15-6-4-3-5-7-15/h3-12H,2,13H2,1H3. The van der Waals surface area contributed by atoms with Crippen molar-refractivity contribution < 1.29 is 13.2 Å². The van der Waals surface area contributed by atoms with Crippen molar-refractivity contribution >= 4 is 11.9 Å². The second-order valence-corrected chi connectivity index (χ2v) is 6.52. The number of hydrogen-bond donors (Lipinski definition) is 0. The molecule has 0 bridgehead atoms. The third kappa shape index (κ3) is 4.25. The van der Waals surface area contributed by atoms with Gasteiger partial charge in [-0.1, -0.05) is 61.5 Å². The van der Waals surface area contributed by atoms with Crippen molar-refractivity contribution in [3.05, 3.63) is 77.6 Å². The van der Waals surface area contributed by atoms with E-state index < -0.39 is 11.9 Å². The van der Waals surface area contributed by atoms with E-state index in [9.17, 15) is 13.2 Å². The van der Waals surface area contributed by atoms with Crippen LogP contribution >= 0.6 is 11.9 Å². The fraction of sp³-hybridized carbons (Fsp3) is 0.211. The van der Waals surface area contributed by atoms with Gasteiger partial charge in [-0.15, -0.1) is 0 Å². The Morgan fingerprint density at radius 3 is 2.24 bits per heavy atom. The second-order valence-electron chi connectivity index (χ2n) is 5.58. The molecule has 0 aliphatic carbocycles. The number of imidazole rings is 1. The maximum Gasteiger partial charge on any atom is 0.434 e. The maximum absolute atomic E-state index is 13.1. The van der Waals surface area contributed by atoms with Crippen molar-refractivity contribution in [1.29, 1.82) is 0 Å². The number of nitrogens with zero attached hydrogens (tertiary/aromatic N) is 2. The first-order valence-electron chi connectivity index (χ1n) is 7.90. The van der Waals surface area contributed by atoms with Crippen molar-refractivity contribution in [3.63, 3.8) is 0 Å². The summed E-state index contributed by atoms with van der Waals surface area (Å²) in [6.45, 7) is 2.04. The molecule has 0 radical (unpaired) electrons. The van der Waals surface area contributed by atoms with Crippen LogP contribution in [0.5, 0.6) is 0 Å². The van der Waals surface area contributed by atoms with Gasteiger partial charge >= 0.3 is 6.18 Å². The van der Waals surface area contributed by atoms with E-state index in [1.54, 1.807) is 0 Å². The average molecular weight is 362 g/mol. The van der Waals surface area contributed by atoms with Crippen LogP contribution < -0.4 is 0 Å². The van der Waals surface area contributed by atoms with Crippen LogP contribution in [0.15, 0.2) is 60.8 Å². The van der Waals surface area contributed by atoms with E-state index in [2.05, 4.69) is 4.98 Å². The summed E-state index contributed by atoms with van der Waals surface area (Å²) in [5.74, 6) is 0.880. The molecule has 1 aromatic heterocycles. The minimum absolute atomic E-state index is 0.316. The highest BCUT2D eigenvalue weighted by Crippen LogP contribution is 2.33. The SMILES string of the molecule is CCc1ccc(-c2nc(C(F)(F)F)cn2SCc2ccccc2)cc1. The molecule has 0 fully saturated rings. The molecule has 2 nitrogen and oxygen atoms in total. The Kier molecular flexibility index (Phi) is 5.18. The van der Waals surface area contributed by atoms with Gasteiger partial charge in [0.05, 0.1) is 0 Å². The predicted molar refractivity (Wildman–Crippen MR) is 95.2 cm³/mol. The van der Waals surface area contributed by atoms with Gasteiger partial charge in [0.2, 0.25) is 0 Å². The summed E-state index contributed by atoms with van der Waals surface area (Å²) in [6.07, 6.45) is -2.52.